The number of piperidine rings is 2. The zero-order valence-corrected chi connectivity index (χ0v) is 22.2. The Bertz CT molecular complexity index is 1220. The van der Waals surface area contributed by atoms with E-state index >= 15 is 0 Å². The summed E-state index contributed by atoms with van der Waals surface area (Å²) in [7, 11) is 0. The number of nitrogens with zero attached hydrogens (tertiary/aromatic N) is 5. The van der Waals surface area contributed by atoms with E-state index in [1.807, 2.05) is 36.4 Å². The van der Waals surface area contributed by atoms with Gasteiger partial charge in [0.15, 0.2) is 0 Å². The predicted molar refractivity (Wildman–Crippen MR) is 148 cm³/mol. The van der Waals surface area contributed by atoms with Gasteiger partial charge in [-0.25, -0.2) is 25.0 Å². The van der Waals surface area contributed by atoms with E-state index in [1.165, 1.54) is 0 Å². The smallest absolute Gasteiger partial charge is 0.238 e. The number of pyridine rings is 1. The molecule has 5 rings (SSSR count). The number of rotatable bonds is 6. The van der Waals surface area contributed by atoms with Crippen LogP contribution in [0.2, 0.25) is 0 Å². The van der Waals surface area contributed by atoms with Gasteiger partial charge in [0.05, 0.1) is 22.4 Å². The number of carbonyl (C=O) groups excluding carboxylic acids is 2. The van der Waals surface area contributed by atoms with Crippen LogP contribution in [0.25, 0.3) is 21.8 Å². The maximum Gasteiger partial charge on any atom is 0.238 e. The predicted octanol–water partition coefficient (Wildman–Crippen LogP) is 3.33. The molecular weight excluding hydrogens is 482 g/mol. The Kier molecular flexibility index (Phi) is 7.90. The molecule has 2 N–H and O–H groups in total. The summed E-state index contributed by atoms with van der Waals surface area (Å²) >= 11 is 0. The fourth-order valence-corrected chi connectivity index (χ4v) is 5.76. The average Bonchev–Trinajstić information content (AvgIpc) is 2.92. The van der Waals surface area contributed by atoms with Crippen LogP contribution in [0.4, 0.5) is 11.4 Å². The van der Waals surface area contributed by atoms with E-state index in [-0.39, 0.29) is 36.9 Å². The van der Waals surface area contributed by atoms with E-state index in [1.54, 1.807) is 23.9 Å². The third-order valence-electron chi connectivity index (χ3n) is 7.93. The summed E-state index contributed by atoms with van der Waals surface area (Å²) in [6, 6.07) is 13.9. The molecule has 2 amide bonds. The van der Waals surface area contributed by atoms with Crippen LogP contribution in [-0.2, 0) is 9.59 Å². The molecular formula is C29H37N5O4. The summed E-state index contributed by atoms with van der Waals surface area (Å²) in [5.74, 6) is 0.456. The molecule has 38 heavy (non-hydrogen) atoms. The van der Waals surface area contributed by atoms with Crippen molar-refractivity contribution in [3.8, 4) is 0 Å². The summed E-state index contributed by atoms with van der Waals surface area (Å²) in [5.41, 5.74) is 3.10. The second kappa shape index (κ2) is 11.3. The molecule has 2 aliphatic rings. The minimum atomic E-state index is -0.0584. The minimum absolute atomic E-state index is 0.0584. The highest BCUT2D eigenvalue weighted by Gasteiger charge is 2.28. The lowest BCUT2D eigenvalue weighted by Crippen LogP contribution is -2.50. The van der Waals surface area contributed by atoms with Crippen molar-refractivity contribution in [3.63, 3.8) is 0 Å². The van der Waals surface area contributed by atoms with Crippen molar-refractivity contribution >= 4 is 45.0 Å². The first kappa shape index (κ1) is 26.5. The topological polar surface area (TPSA) is 100 Å². The zero-order valence-electron chi connectivity index (χ0n) is 22.2. The van der Waals surface area contributed by atoms with Crippen LogP contribution in [-0.4, -0.2) is 76.4 Å². The molecule has 0 bridgehead atoms. The lowest BCUT2D eigenvalue weighted by molar-refractivity contribution is -0.120. The van der Waals surface area contributed by atoms with Gasteiger partial charge < -0.3 is 10.2 Å². The number of carbonyl (C=O) groups is 2. The molecule has 2 aliphatic heterocycles. The van der Waals surface area contributed by atoms with Crippen molar-refractivity contribution in [2.24, 2.45) is 11.8 Å². The number of aliphatic hydroxyl groups is 2. The number of benzene rings is 2. The average molecular weight is 520 g/mol. The largest absolute Gasteiger partial charge is 0.396 e. The molecule has 0 unspecified atom stereocenters. The van der Waals surface area contributed by atoms with Gasteiger partial charge in [-0.05, 0) is 67.9 Å². The van der Waals surface area contributed by atoms with Gasteiger partial charge in [-0.1, -0.05) is 12.1 Å². The lowest BCUT2D eigenvalue weighted by Gasteiger charge is -2.39. The van der Waals surface area contributed by atoms with Gasteiger partial charge in [0.1, 0.15) is 0 Å². The van der Waals surface area contributed by atoms with E-state index in [9.17, 15) is 19.8 Å². The number of hydrogen-bond donors (Lipinski definition) is 2. The van der Waals surface area contributed by atoms with Crippen molar-refractivity contribution in [1.29, 1.82) is 0 Å². The fourth-order valence-electron chi connectivity index (χ4n) is 5.76. The normalized spacial score (nSPS) is 18.2. The number of amides is 2. The molecule has 202 valence electrons. The second-order valence-corrected chi connectivity index (χ2v) is 10.6. The number of fused-ring (bicyclic) bond motifs is 2. The van der Waals surface area contributed by atoms with Gasteiger partial charge >= 0.3 is 0 Å². The number of aliphatic hydroxyl groups excluding tert-OH is 2. The van der Waals surface area contributed by atoms with Gasteiger partial charge in [-0.2, -0.15) is 0 Å². The Hall–Kier alpha value is -3.11. The van der Waals surface area contributed by atoms with Crippen molar-refractivity contribution in [1.82, 2.24) is 15.0 Å². The number of aromatic nitrogens is 1. The zero-order chi connectivity index (χ0) is 26.8. The van der Waals surface area contributed by atoms with Crippen LogP contribution in [0, 0.1) is 11.8 Å². The Labute approximate surface area is 223 Å². The lowest BCUT2D eigenvalue weighted by atomic mass is 9.99. The SMILES string of the molecule is CC(=O)N(c1ccc2cc3ccc(N(C(C)=O)N4CCC(CO)CC4)cc3nc2c1)N1CCC(CO)CC1. The monoisotopic (exact) mass is 519 g/mol. The first-order chi connectivity index (χ1) is 18.4. The standard InChI is InChI=1S/C29H37N5O4/c1-20(37)33(31-11-7-22(18-35)8-12-31)26-5-3-24-15-25-4-6-27(17-29(25)30-28(24)16-26)34(21(2)38)32-13-9-23(19-36)10-14-32/h3-6,15-17,22-23,35-36H,7-14,18-19H2,1-2H3. The second-order valence-electron chi connectivity index (χ2n) is 10.6. The third kappa shape index (κ3) is 5.37. The maximum atomic E-state index is 12.7. The number of hydrogen-bond acceptors (Lipinski definition) is 7. The molecule has 3 aromatic rings. The highest BCUT2D eigenvalue weighted by Crippen LogP contribution is 2.30. The molecule has 0 radical (unpaired) electrons. The molecule has 2 fully saturated rings. The van der Waals surface area contributed by atoms with Crippen LogP contribution in [0.1, 0.15) is 39.5 Å². The first-order valence-corrected chi connectivity index (χ1v) is 13.6. The Morgan fingerprint density at radius 1 is 0.737 bits per heavy atom. The summed E-state index contributed by atoms with van der Waals surface area (Å²) in [6.07, 6.45) is 3.40. The maximum absolute atomic E-state index is 12.7. The van der Waals surface area contributed by atoms with Crippen molar-refractivity contribution in [3.05, 3.63) is 42.5 Å². The van der Waals surface area contributed by atoms with Gasteiger partial charge in [0, 0.05) is 64.0 Å². The molecule has 2 aromatic carbocycles. The van der Waals surface area contributed by atoms with E-state index in [2.05, 4.69) is 16.1 Å². The highest BCUT2D eigenvalue weighted by molar-refractivity contribution is 5.99. The number of anilines is 2. The Balaban J connectivity index is 1.46. The number of hydrazine groups is 2. The van der Waals surface area contributed by atoms with Crippen LogP contribution in [0.3, 0.4) is 0 Å². The van der Waals surface area contributed by atoms with Crippen LogP contribution in [0.15, 0.2) is 42.5 Å². The van der Waals surface area contributed by atoms with Crippen LogP contribution >= 0.6 is 0 Å². The third-order valence-corrected chi connectivity index (χ3v) is 7.93. The van der Waals surface area contributed by atoms with Crippen molar-refractivity contribution in [2.75, 3.05) is 49.4 Å². The van der Waals surface area contributed by atoms with Gasteiger partial charge in [-0.15, -0.1) is 0 Å². The molecule has 0 aliphatic carbocycles. The minimum Gasteiger partial charge on any atom is -0.396 e. The molecule has 0 atom stereocenters. The van der Waals surface area contributed by atoms with E-state index in [4.69, 9.17) is 4.98 Å². The fraction of sp³-hybridized carbons (Fsp3) is 0.483. The van der Waals surface area contributed by atoms with Gasteiger partial charge in [0.25, 0.3) is 0 Å². The quantitative estimate of drug-likeness (QED) is 0.482. The summed E-state index contributed by atoms with van der Waals surface area (Å²) in [5, 5.41) is 28.5. The van der Waals surface area contributed by atoms with Crippen molar-refractivity contribution < 1.29 is 19.8 Å². The summed E-state index contributed by atoms with van der Waals surface area (Å²) in [4.78, 5) is 30.3. The van der Waals surface area contributed by atoms with E-state index in [0.717, 1.165) is 58.9 Å². The van der Waals surface area contributed by atoms with Crippen LogP contribution < -0.4 is 10.0 Å². The highest BCUT2D eigenvalue weighted by atomic mass is 16.3. The molecule has 0 saturated carbocycles. The molecule has 3 heterocycles. The molecule has 1 aromatic heterocycles. The molecule has 0 spiro atoms. The van der Waals surface area contributed by atoms with Gasteiger partial charge in [0.2, 0.25) is 11.8 Å². The molecule has 9 heteroatoms. The molecule has 2 saturated heterocycles. The van der Waals surface area contributed by atoms with Gasteiger partial charge in [-0.3, -0.25) is 9.59 Å². The Morgan fingerprint density at radius 3 is 1.47 bits per heavy atom. The van der Waals surface area contributed by atoms with E-state index in [0.29, 0.717) is 26.2 Å². The Morgan fingerprint density at radius 2 is 1.13 bits per heavy atom. The first-order valence-electron chi connectivity index (χ1n) is 13.6. The van der Waals surface area contributed by atoms with Crippen molar-refractivity contribution in [2.45, 2.75) is 39.5 Å². The summed E-state index contributed by atoms with van der Waals surface area (Å²) in [6.45, 7) is 6.38. The molecule has 9 nitrogen and oxygen atoms in total. The van der Waals surface area contributed by atoms with E-state index < -0.39 is 0 Å². The van der Waals surface area contributed by atoms with Crippen LogP contribution in [0.5, 0.6) is 0 Å². The summed E-state index contributed by atoms with van der Waals surface area (Å²) < 4.78 is 0.